The van der Waals surface area contributed by atoms with Gasteiger partial charge in [0.15, 0.2) is 5.69 Å². The van der Waals surface area contributed by atoms with E-state index in [1.54, 1.807) is 0 Å². The Kier molecular flexibility index (Phi) is 9.79. The molecule has 3 heterocycles. The summed E-state index contributed by atoms with van der Waals surface area (Å²) in [4.78, 5) is 28.1. The van der Waals surface area contributed by atoms with Gasteiger partial charge in [0.05, 0.1) is 30.6 Å². The molecule has 12 nitrogen and oxygen atoms in total. The zero-order valence-electron chi connectivity index (χ0n) is 20.1. The molecule has 0 aliphatic carbocycles. The van der Waals surface area contributed by atoms with Gasteiger partial charge in [-0.15, -0.1) is 5.10 Å². The zero-order valence-corrected chi connectivity index (χ0v) is 20.1. The van der Waals surface area contributed by atoms with Crippen molar-refractivity contribution in [1.29, 1.82) is 0 Å². The lowest BCUT2D eigenvalue weighted by Gasteiger charge is -2.15. The minimum absolute atomic E-state index is 0.00804. The number of halogens is 3. The molecule has 1 atom stereocenters. The third-order valence-corrected chi connectivity index (χ3v) is 5.54. The maximum atomic E-state index is 12.8. The summed E-state index contributed by atoms with van der Waals surface area (Å²) in [5.41, 5.74) is 5.06. The van der Waals surface area contributed by atoms with E-state index in [4.69, 9.17) is 16.3 Å². The van der Waals surface area contributed by atoms with Crippen LogP contribution in [0.5, 0.6) is 0 Å². The number of alkyl halides is 3. The maximum absolute atomic E-state index is 12.8. The molecule has 1 aliphatic heterocycles. The minimum Gasteiger partial charge on any atom is -0.393 e. The van der Waals surface area contributed by atoms with Crippen molar-refractivity contribution in [2.45, 2.75) is 38.5 Å². The molecule has 15 heteroatoms. The van der Waals surface area contributed by atoms with E-state index < -0.39 is 17.6 Å². The van der Waals surface area contributed by atoms with Crippen LogP contribution in [0.15, 0.2) is 36.4 Å². The Morgan fingerprint density at radius 1 is 1.30 bits per heavy atom. The van der Waals surface area contributed by atoms with Crippen molar-refractivity contribution in [3.05, 3.63) is 53.4 Å². The number of hydrazine groups is 1. The Labute approximate surface area is 211 Å². The Hall–Kier alpha value is -3.72. The fourth-order valence-electron chi connectivity index (χ4n) is 3.48. The number of ether oxygens (including phenoxy) is 1. The standard InChI is InChI=1S/C22H30F3N9O3/c23-22(24,25)16-3-5-28-17(9-16)11-30-21(36)19-13-34(32-31-19)7-2-1-6-33(27)12-18(26)20(35)29-10-15-4-8-37-14-15/h3,5,9,12-13,15H,1-2,4,6-8,10-11,14,26-27H2,(H,29,35)(H,30,36)/b18-12-. The van der Waals surface area contributed by atoms with Crippen molar-refractivity contribution in [3.8, 4) is 0 Å². The SMILES string of the molecule is N/C(=C\N(N)CCCCn1cc(C(=O)NCc2cc(C(F)(F)F)ccn2)nn1)C(=O)NCC1CCOC1. The van der Waals surface area contributed by atoms with Crippen LogP contribution in [0.2, 0.25) is 0 Å². The van der Waals surface area contributed by atoms with E-state index in [2.05, 4.69) is 25.9 Å². The molecule has 1 unspecified atom stereocenters. The highest BCUT2D eigenvalue weighted by atomic mass is 19.4. The topological polar surface area (TPSA) is 166 Å². The molecule has 3 rings (SSSR count). The monoisotopic (exact) mass is 525 g/mol. The number of hydrogen-bond acceptors (Lipinski definition) is 9. The highest BCUT2D eigenvalue weighted by molar-refractivity contribution is 5.92. The van der Waals surface area contributed by atoms with Crippen molar-refractivity contribution in [2.24, 2.45) is 17.5 Å². The summed E-state index contributed by atoms with van der Waals surface area (Å²) in [7, 11) is 0. The second-order valence-electron chi connectivity index (χ2n) is 8.55. The predicted octanol–water partition coefficient (Wildman–Crippen LogP) is 0.531. The van der Waals surface area contributed by atoms with Crippen LogP contribution >= 0.6 is 0 Å². The summed E-state index contributed by atoms with van der Waals surface area (Å²) in [6.45, 7) is 2.52. The number of amides is 2. The second-order valence-corrected chi connectivity index (χ2v) is 8.55. The van der Waals surface area contributed by atoms with Crippen LogP contribution in [-0.4, -0.2) is 63.1 Å². The Morgan fingerprint density at radius 3 is 2.84 bits per heavy atom. The van der Waals surface area contributed by atoms with Crippen LogP contribution in [-0.2, 0) is 28.8 Å². The first-order valence-corrected chi connectivity index (χ1v) is 11.7. The van der Waals surface area contributed by atoms with Crippen LogP contribution in [0.3, 0.4) is 0 Å². The Bertz CT molecular complexity index is 1080. The van der Waals surface area contributed by atoms with E-state index >= 15 is 0 Å². The molecule has 2 aromatic heterocycles. The van der Waals surface area contributed by atoms with Gasteiger partial charge in [0.1, 0.15) is 5.70 Å². The molecular formula is C22H30F3N9O3. The highest BCUT2D eigenvalue weighted by Gasteiger charge is 2.30. The number of nitrogens with one attached hydrogen (secondary N) is 2. The van der Waals surface area contributed by atoms with Crippen LogP contribution < -0.4 is 22.2 Å². The summed E-state index contributed by atoms with van der Waals surface area (Å²) < 4.78 is 45.1. The van der Waals surface area contributed by atoms with Crippen molar-refractivity contribution in [1.82, 2.24) is 35.6 Å². The number of unbranched alkanes of at least 4 members (excludes halogenated alkanes) is 1. The number of nitrogens with zero attached hydrogens (tertiary/aromatic N) is 5. The third-order valence-electron chi connectivity index (χ3n) is 5.54. The first-order valence-electron chi connectivity index (χ1n) is 11.7. The molecule has 0 bridgehead atoms. The fraction of sp³-hybridized carbons (Fsp3) is 0.500. The van der Waals surface area contributed by atoms with Gasteiger partial charge >= 0.3 is 6.18 Å². The average Bonchev–Trinajstić information content (AvgIpc) is 3.56. The van der Waals surface area contributed by atoms with Gasteiger partial charge in [0, 0.05) is 44.6 Å². The number of rotatable bonds is 12. The molecule has 1 fully saturated rings. The number of nitrogens with two attached hydrogens (primary N) is 2. The molecule has 2 amide bonds. The lowest BCUT2D eigenvalue weighted by atomic mass is 10.1. The van der Waals surface area contributed by atoms with Crippen LogP contribution in [0.25, 0.3) is 0 Å². The molecule has 0 saturated carbocycles. The molecule has 1 saturated heterocycles. The largest absolute Gasteiger partial charge is 0.416 e. The van der Waals surface area contributed by atoms with E-state index in [1.165, 1.54) is 22.1 Å². The summed E-state index contributed by atoms with van der Waals surface area (Å²) in [5, 5.41) is 14.2. The Balaban J connectivity index is 1.35. The molecule has 0 radical (unpaired) electrons. The number of carbonyl (C=O) groups is 2. The van der Waals surface area contributed by atoms with Crippen molar-refractivity contribution in [3.63, 3.8) is 0 Å². The van der Waals surface area contributed by atoms with Crippen LogP contribution in [0, 0.1) is 5.92 Å². The lowest BCUT2D eigenvalue weighted by molar-refractivity contribution is -0.137. The summed E-state index contributed by atoms with van der Waals surface area (Å²) in [5.74, 6) is 5.21. The fourth-order valence-corrected chi connectivity index (χ4v) is 3.48. The van der Waals surface area contributed by atoms with Crippen molar-refractivity contribution in [2.75, 3.05) is 26.3 Å². The molecule has 202 valence electrons. The van der Waals surface area contributed by atoms with E-state index in [0.29, 0.717) is 51.6 Å². The second kappa shape index (κ2) is 13.0. The van der Waals surface area contributed by atoms with E-state index in [9.17, 15) is 22.8 Å². The van der Waals surface area contributed by atoms with Crippen LogP contribution in [0.1, 0.15) is 41.0 Å². The number of aromatic nitrogens is 4. The molecule has 2 aromatic rings. The van der Waals surface area contributed by atoms with Crippen molar-refractivity contribution < 1.29 is 27.5 Å². The normalized spacial score (nSPS) is 16.0. The number of hydrogen-bond donors (Lipinski definition) is 4. The molecule has 0 aromatic carbocycles. The van der Waals surface area contributed by atoms with Gasteiger partial charge in [-0.1, -0.05) is 5.21 Å². The predicted molar refractivity (Wildman–Crippen MR) is 125 cm³/mol. The summed E-state index contributed by atoms with van der Waals surface area (Å²) >= 11 is 0. The maximum Gasteiger partial charge on any atom is 0.416 e. The van der Waals surface area contributed by atoms with Gasteiger partial charge in [-0.2, -0.15) is 13.2 Å². The Morgan fingerprint density at radius 2 is 2.11 bits per heavy atom. The van der Waals surface area contributed by atoms with Gasteiger partial charge in [0.25, 0.3) is 11.8 Å². The highest BCUT2D eigenvalue weighted by Crippen LogP contribution is 2.28. The molecular weight excluding hydrogens is 495 g/mol. The van der Waals surface area contributed by atoms with E-state index in [1.807, 2.05) is 0 Å². The minimum atomic E-state index is -4.49. The quantitative estimate of drug-likeness (QED) is 0.134. The van der Waals surface area contributed by atoms with Gasteiger partial charge in [-0.25, -0.2) is 5.84 Å². The van der Waals surface area contributed by atoms with Gasteiger partial charge in [0.2, 0.25) is 0 Å². The average molecular weight is 526 g/mol. The molecule has 6 N–H and O–H groups in total. The first kappa shape index (κ1) is 27.9. The molecule has 37 heavy (non-hydrogen) atoms. The van der Waals surface area contributed by atoms with E-state index in [-0.39, 0.29) is 29.5 Å². The number of carbonyl (C=O) groups excluding carboxylic acids is 2. The van der Waals surface area contributed by atoms with Gasteiger partial charge in [-0.3, -0.25) is 19.3 Å². The zero-order chi connectivity index (χ0) is 26.8. The smallest absolute Gasteiger partial charge is 0.393 e. The number of pyridine rings is 1. The number of aryl methyl sites for hydroxylation is 1. The van der Waals surface area contributed by atoms with Gasteiger partial charge in [-0.05, 0) is 31.4 Å². The molecule has 0 spiro atoms. The summed E-state index contributed by atoms with van der Waals surface area (Å²) in [6.07, 6.45) is 1.55. The summed E-state index contributed by atoms with van der Waals surface area (Å²) in [6, 6.07) is 1.73. The van der Waals surface area contributed by atoms with Crippen molar-refractivity contribution >= 4 is 11.8 Å². The van der Waals surface area contributed by atoms with Gasteiger partial charge < -0.3 is 26.1 Å². The third kappa shape index (κ3) is 9.02. The van der Waals surface area contributed by atoms with Crippen LogP contribution in [0.4, 0.5) is 13.2 Å². The molecule has 1 aliphatic rings. The first-order chi connectivity index (χ1) is 17.6. The lowest BCUT2D eigenvalue weighted by Crippen LogP contribution is -2.35. The van der Waals surface area contributed by atoms with E-state index in [0.717, 1.165) is 24.8 Å².